The summed E-state index contributed by atoms with van der Waals surface area (Å²) in [7, 11) is 0. The summed E-state index contributed by atoms with van der Waals surface area (Å²) in [5, 5.41) is 0. The van der Waals surface area contributed by atoms with Gasteiger partial charge in [0.05, 0.1) is 0 Å². The van der Waals surface area contributed by atoms with Gasteiger partial charge in [-0.2, -0.15) is 0 Å². The monoisotopic (exact) mass is 160 g/mol. The van der Waals surface area contributed by atoms with Crippen LogP contribution in [0.5, 0.6) is 0 Å². The number of hydrogen-bond acceptors (Lipinski definition) is 1. The Labute approximate surface area is 62.1 Å². The van der Waals surface area contributed by atoms with E-state index in [2.05, 4.69) is 6.08 Å². The first-order valence-electron chi connectivity index (χ1n) is 2.89. The molecular weight excluding hydrogens is 151 g/mol. The second-order valence-electron chi connectivity index (χ2n) is 2.54. The van der Waals surface area contributed by atoms with Crippen LogP contribution >= 0.6 is 0 Å². The van der Waals surface area contributed by atoms with E-state index in [1.54, 1.807) is 0 Å². The molecule has 0 aromatic heterocycles. The van der Waals surface area contributed by atoms with E-state index in [9.17, 15) is 3.67 Å². The Kier molecular flexibility index (Phi) is 1.74. The van der Waals surface area contributed by atoms with Crippen LogP contribution in [-0.4, -0.2) is 0 Å². The SMILES string of the molecule is CC1=C[C](C)([V]=[O])C=C1. The first-order valence-corrected chi connectivity index (χ1v) is 4.16. The Morgan fingerprint density at radius 3 is 2.56 bits per heavy atom. The van der Waals surface area contributed by atoms with Gasteiger partial charge in [-0.3, -0.25) is 0 Å². The first-order chi connectivity index (χ1) is 4.16. The fourth-order valence-electron chi connectivity index (χ4n) is 0.914. The molecule has 1 aliphatic carbocycles. The van der Waals surface area contributed by atoms with Crippen LogP contribution in [0.25, 0.3) is 0 Å². The van der Waals surface area contributed by atoms with E-state index in [-0.39, 0.29) is 4.13 Å². The quantitative estimate of drug-likeness (QED) is 0.574. The fraction of sp³-hybridized carbons (Fsp3) is 0.429. The molecule has 1 aliphatic rings. The molecular formula is C7H9OV. The van der Waals surface area contributed by atoms with Gasteiger partial charge in [0.15, 0.2) is 0 Å². The molecule has 1 rings (SSSR count). The molecule has 0 aliphatic heterocycles. The Bertz CT molecular complexity index is 193. The van der Waals surface area contributed by atoms with E-state index in [0.717, 1.165) is 0 Å². The van der Waals surface area contributed by atoms with Crippen molar-refractivity contribution >= 4 is 0 Å². The standard InChI is InChI=1S/C7H9.O.V/c1-6-3-4-7(2)5-6;;/h3-5H,1-2H3;;. The van der Waals surface area contributed by atoms with Gasteiger partial charge in [-0.25, -0.2) is 0 Å². The van der Waals surface area contributed by atoms with Crippen LogP contribution in [0.1, 0.15) is 13.8 Å². The number of hydrogen-bond donors (Lipinski definition) is 0. The summed E-state index contributed by atoms with van der Waals surface area (Å²) in [6.07, 6.45) is 6.09. The minimum atomic E-state index is -0.790. The van der Waals surface area contributed by atoms with Crippen molar-refractivity contribution in [3.05, 3.63) is 23.8 Å². The summed E-state index contributed by atoms with van der Waals surface area (Å²) < 4.78 is 10.5. The Morgan fingerprint density at radius 1 is 1.67 bits per heavy atom. The molecule has 0 fully saturated rings. The maximum atomic E-state index is 10.6. The van der Waals surface area contributed by atoms with Gasteiger partial charge in [0.1, 0.15) is 0 Å². The van der Waals surface area contributed by atoms with Crippen molar-refractivity contribution in [3.8, 4) is 0 Å². The zero-order valence-corrected chi connectivity index (χ0v) is 6.98. The van der Waals surface area contributed by atoms with E-state index in [0.29, 0.717) is 0 Å². The van der Waals surface area contributed by atoms with Crippen LogP contribution in [0.4, 0.5) is 0 Å². The average Bonchev–Trinajstić information content (AvgIpc) is 2.13. The van der Waals surface area contributed by atoms with Crippen LogP contribution in [0.3, 0.4) is 0 Å². The predicted octanol–water partition coefficient (Wildman–Crippen LogP) is 2.11. The van der Waals surface area contributed by atoms with Crippen molar-refractivity contribution in [2.24, 2.45) is 0 Å². The molecule has 48 valence electrons. The third-order valence-corrected chi connectivity index (χ3v) is 2.45. The number of allylic oxidation sites excluding steroid dienone is 4. The van der Waals surface area contributed by atoms with Gasteiger partial charge in [-0.15, -0.1) is 0 Å². The van der Waals surface area contributed by atoms with Gasteiger partial charge in [0.25, 0.3) is 0 Å². The molecule has 0 N–H and O–H groups in total. The first kappa shape index (κ1) is 6.98. The van der Waals surface area contributed by atoms with Crippen LogP contribution < -0.4 is 0 Å². The minimum absolute atomic E-state index is 0.0966. The topological polar surface area (TPSA) is 17.1 Å². The summed E-state index contributed by atoms with van der Waals surface area (Å²) in [5.74, 6) is 0. The Balaban J connectivity index is 2.90. The second-order valence-corrected chi connectivity index (χ2v) is 4.33. The molecule has 2 heteroatoms. The molecule has 0 saturated heterocycles. The molecule has 0 aromatic carbocycles. The van der Waals surface area contributed by atoms with E-state index in [1.807, 2.05) is 26.0 Å². The van der Waals surface area contributed by atoms with Gasteiger partial charge in [-0.05, 0) is 0 Å². The Morgan fingerprint density at radius 2 is 2.33 bits per heavy atom. The Hall–Kier alpha value is -0.136. The summed E-state index contributed by atoms with van der Waals surface area (Å²) in [6, 6.07) is 0. The van der Waals surface area contributed by atoms with Crippen LogP contribution in [-0.2, 0) is 19.9 Å². The molecule has 1 nitrogen and oxygen atoms in total. The molecule has 0 aromatic rings. The van der Waals surface area contributed by atoms with Gasteiger partial charge >= 0.3 is 61.7 Å². The molecule has 0 spiro atoms. The van der Waals surface area contributed by atoms with E-state index < -0.39 is 16.2 Å². The van der Waals surface area contributed by atoms with E-state index >= 15 is 0 Å². The van der Waals surface area contributed by atoms with Crippen molar-refractivity contribution in [2.75, 3.05) is 0 Å². The predicted molar refractivity (Wildman–Crippen MR) is 32.0 cm³/mol. The van der Waals surface area contributed by atoms with Crippen LogP contribution in [0, 0.1) is 0 Å². The third kappa shape index (κ3) is 1.41. The number of rotatable bonds is 1. The molecule has 0 bridgehead atoms. The molecule has 1 atom stereocenters. The molecule has 0 amide bonds. The van der Waals surface area contributed by atoms with Gasteiger partial charge in [-0.1, -0.05) is 0 Å². The summed E-state index contributed by atoms with van der Waals surface area (Å²) in [6.45, 7) is 4.02. The van der Waals surface area contributed by atoms with Crippen molar-refractivity contribution in [1.29, 1.82) is 0 Å². The van der Waals surface area contributed by atoms with Crippen molar-refractivity contribution < 1.29 is 19.9 Å². The van der Waals surface area contributed by atoms with E-state index in [1.165, 1.54) is 5.57 Å². The van der Waals surface area contributed by atoms with Crippen molar-refractivity contribution in [1.82, 2.24) is 0 Å². The molecule has 0 heterocycles. The van der Waals surface area contributed by atoms with Gasteiger partial charge < -0.3 is 0 Å². The maximum absolute atomic E-state index is 10.6. The molecule has 0 saturated carbocycles. The molecule has 9 heavy (non-hydrogen) atoms. The van der Waals surface area contributed by atoms with Crippen molar-refractivity contribution in [2.45, 2.75) is 18.0 Å². The average molecular weight is 160 g/mol. The molecule has 1 unspecified atom stereocenters. The van der Waals surface area contributed by atoms with Gasteiger partial charge in [0, 0.05) is 0 Å². The zero-order valence-electron chi connectivity index (χ0n) is 5.59. The fourth-order valence-corrected chi connectivity index (χ4v) is 1.53. The second kappa shape index (κ2) is 2.24. The summed E-state index contributed by atoms with van der Waals surface area (Å²) in [5.41, 5.74) is 1.23. The van der Waals surface area contributed by atoms with Gasteiger partial charge in [0.2, 0.25) is 0 Å². The zero-order chi connectivity index (χ0) is 6.91. The molecule has 0 radical (unpaired) electrons. The summed E-state index contributed by atoms with van der Waals surface area (Å²) in [4.78, 5) is 0. The third-order valence-electron chi connectivity index (χ3n) is 1.40. The van der Waals surface area contributed by atoms with Crippen LogP contribution in [0.2, 0.25) is 4.13 Å². The normalized spacial score (nSPS) is 32.4. The van der Waals surface area contributed by atoms with Crippen LogP contribution in [0.15, 0.2) is 23.8 Å². The van der Waals surface area contributed by atoms with Crippen molar-refractivity contribution in [3.63, 3.8) is 0 Å². The summed E-state index contributed by atoms with van der Waals surface area (Å²) >= 11 is -0.790. The van der Waals surface area contributed by atoms with E-state index in [4.69, 9.17) is 0 Å².